The number of anilines is 1. The van der Waals surface area contributed by atoms with E-state index < -0.39 is 28.6 Å². The number of likely N-dealkylation sites (N-methyl/N-ethyl adjacent to an activating group) is 1. The molecule has 0 amide bonds. The molecule has 0 saturated carbocycles. The Bertz CT molecular complexity index is 976. The van der Waals surface area contributed by atoms with Crippen molar-refractivity contribution in [3.8, 4) is 11.1 Å². The quantitative estimate of drug-likeness (QED) is 0.566. The highest BCUT2D eigenvalue weighted by Crippen LogP contribution is 2.29. The van der Waals surface area contributed by atoms with Crippen molar-refractivity contribution in [3.63, 3.8) is 0 Å². The van der Waals surface area contributed by atoms with E-state index in [0.717, 1.165) is 44.8 Å². The number of H-pyrrole nitrogens is 1. The standard InChI is InChI=1S/C20H24N4O5/c1-2-23-7-9-24(10-8-23)11-12-3-5-13(6-4-12)14-15(19(26)27)17(21)22-18(25)16(14)20(28)29/h3-6H,2,7-11H2,1H3,(H,26,27)(H,28,29)(H3,21,22,25). The summed E-state index contributed by atoms with van der Waals surface area (Å²) in [7, 11) is 0. The van der Waals surface area contributed by atoms with Crippen molar-refractivity contribution in [1.29, 1.82) is 0 Å². The van der Waals surface area contributed by atoms with Gasteiger partial charge in [0.05, 0.1) is 0 Å². The van der Waals surface area contributed by atoms with Gasteiger partial charge in [-0.05, 0) is 17.7 Å². The minimum atomic E-state index is -1.51. The van der Waals surface area contributed by atoms with Crippen LogP contribution in [0.2, 0.25) is 0 Å². The van der Waals surface area contributed by atoms with Crippen molar-refractivity contribution >= 4 is 17.8 Å². The fourth-order valence-electron chi connectivity index (χ4n) is 3.63. The number of benzene rings is 1. The van der Waals surface area contributed by atoms with Crippen LogP contribution in [0.1, 0.15) is 33.2 Å². The molecule has 1 aromatic carbocycles. The molecule has 154 valence electrons. The van der Waals surface area contributed by atoms with Gasteiger partial charge >= 0.3 is 11.9 Å². The van der Waals surface area contributed by atoms with Gasteiger partial charge in [0.15, 0.2) is 0 Å². The lowest BCUT2D eigenvalue weighted by Crippen LogP contribution is -2.45. The van der Waals surface area contributed by atoms with Gasteiger partial charge in [-0.3, -0.25) is 9.69 Å². The van der Waals surface area contributed by atoms with Gasteiger partial charge in [0.1, 0.15) is 16.9 Å². The number of nitrogens with zero attached hydrogens (tertiary/aromatic N) is 2. The number of nitrogens with two attached hydrogens (primary N) is 1. The van der Waals surface area contributed by atoms with Crippen LogP contribution in [-0.2, 0) is 6.54 Å². The van der Waals surface area contributed by atoms with Gasteiger partial charge in [0, 0.05) is 38.3 Å². The molecule has 2 heterocycles. The largest absolute Gasteiger partial charge is 0.478 e. The van der Waals surface area contributed by atoms with Crippen LogP contribution in [0, 0.1) is 0 Å². The van der Waals surface area contributed by atoms with Crippen molar-refractivity contribution in [2.45, 2.75) is 13.5 Å². The topological polar surface area (TPSA) is 140 Å². The number of aromatic amines is 1. The molecule has 0 bridgehead atoms. The molecule has 1 fully saturated rings. The molecule has 29 heavy (non-hydrogen) atoms. The van der Waals surface area contributed by atoms with Crippen molar-refractivity contribution in [1.82, 2.24) is 14.8 Å². The number of carboxylic acids is 2. The number of nitrogens with one attached hydrogen (secondary N) is 1. The number of aromatic nitrogens is 1. The molecule has 5 N–H and O–H groups in total. The summed E-state index contributed by atoms with van der Waals surface area (Å²) in [6, 6.07) is 6.89. The Labute approximate surface area is 167 Å². The Morgan fingerprint density at radius 1 is 1.00 bits per heavy atom. The van der Waals surface area contributed by atoms with Crippen LogP contribution < -0.4 is 11.3 Å². The molecule has 0 radical (unpaired) electrons. The molecule has 1 saturated heterocycles. The Hall–Kier alpha value is -3.17. The number of aromatic carboxylic acids is 2. The highest BCUT2D eigenvalue weighted by molar-refractivity contribution is 6.07. The maximum atomic E-state index is 12.1. The summed E-state index contributed by atoms with van der Waals surface area (Å²) in [5.74, 6) is -3.30. The van der Waals surface area contributed by atoms with Gasteiger partial charge in [-0.2, -0.15) is 0 Å². The minimum absolute atomic E-state index is 0.186. The van der Waals surface area contributed by atoms with E-state index in [9.17, 15) is 24.6 Å². The molecule has 0 atom stereocenters. The van der Waals surface area contributed by atoms with Gasteiger partial charge in [0.2, 0.25) is 0 Å². The van der Waals surface area contributed by atoms with Crippen LogP contribution in [0.5, 0.6) is 0 Å². The van der Waals surface area contributed by atoms with Crippen LogP contribution in [0.3, 0.4) is 0 Å². The second-order valence-corrected chi connectivity index (χ2v) is 7.01. The van der Waals surface area contributed by atoms with Crippen LogP contribution in [0.4, 0.5) is 5.82 Å². The number of carbonyl (C=O) groups is 2. The third kappa shape index (κ3) is 4.30. The summed E-state index contributed by atoms with van der Waals surface area (Å²) in [5.41, 5.74) is 4.81. The third-order valence-electron chi connectivity index (χ3n) is 5.23. The van der Waals surface area contributed by atoms with E-state index in [1.165, 1.54) is 0 Å². The zero-order valence-corrected chi connectivity index (χ0v) is 16.1. The predicted octanol–water partition coefficient (Wildman–Crippen LogP) is 1.16. The van der Waals surface area contributed by atoms with Gasteiger partial charge in [-0.15, -0.1) is 0 Å². The number of hydrogen-bond acceptors (Lipinski definition) is 6. The molecule has 0 aliphatic carbocycles. The molecule has 2 aromatic rings. The molecule has 3 rings (SSSR count). The fraction of sp³-hybridized carbons (Fsp3) is 0.350. The lowest BCUT2D eigenvalue weighted by Gasteiger charge is -2.34. The number of hydrogen-bond donors (Lipinski definition) is 4. The van der Waals surface area contributed by atoms with Gasteiger partial charge in [0.25, 0.3) is 5.56 Å². The number of pyridine rings is 1. The van der Waals surface area contributed by atoms with E-state index in [0.29, 0.717) is 5.56 Å². The van der Waals surface area contributed by atoms with E-state index in [4.69, 9.17) is 5.73 Å². The van der Waals surface area contributed by atoms with Crippen molar-refractivity contribution in [2.75, 3.05) is 38.5 Å². The van der Waals surface area contributed by atoms with Gasteiger partial charge < -0.3 is 25.8 Å². The third-order valence-corrected chi connectivity index (χ3v) is 5.23. The SMILES string of the molecule is CCN1CCN(Cc2ccc(-c3c(C(=O)O)c(N)[nH]c(=O)c3C(=O)O)cc2)CC1. The highest BCUT2D eigenvalue weighted by Gasteiger charge is 2.26. The average molecular weight is 400 g/mol. The second-order valence-electron chi connectivity index (χ2n) is 7.01. The molecule has 0 spiro atoms. The lowest BCUT2D eigenvalue weighted by atomic mass is 9.94. The maximum Gasteiger partial charge on any atom is 0.342 e. The van der Waals surface area contributed by atoms with Crippen molar-refractivity contribution < 1.29 is 19.8 Å². The number of carboxylic acid groups (broad SMARTS) is 2. The van der Waals surface area contributed by atoms with E-state index in [1.807, 2.05) is 12.1 Å². The molecule has 9 heteroatoms. The molecule has 0 unspecified atom stereocenters. The van der Waals surface area contributed by atoms with E-state index >= 15 is 0 Å². The molecule has 1 aliphatic rings. The molecular weight excluding hydrogens is 376 g/mol. The first-order valence-electron chi connectivity index (χ1n) is 9.38. The van der Waals surface area contributed by atoms with E-state index in [1.54, 1.807) is 12.1 Å². The molecule has 1 aromatic heterocycles. The molecule has 9 nitrogen and oxygen atoms in total. The zero-order chi connectivity index (χ0) is 21.1. The predicted molar refractivity (Wildman–Crippen MR) is 108 cm³/mol. The molecule has 1 aliphatic heterocycles. The monoisotopic (exact) mass is 400 g/mol. The van der Waals surface area contributed by atoms with E-state index in [2.05, 4.69) is 21.7 Å². The minimum Gasteiger partial charge on any atom is -0.478 e. The average Bonchev–Trinajstić information content (AvgIpc) is 2.68. The Morgan fingerprint density at radius 3 is 2.07 bits per heavy atom. The Kier molecular flexibility index (Phi) is 6.00. The van der Waals surface area contributed by atoms with Crippen molar-refractivity contribution in [2.24, 2.45) is 0 Å². The van der Waals surface area contributed by atoms with Crippen LogP contribution in [-0.4, -0.2) is 69.7 Å². The Morgan fingerprint density at radius 2 is 1.55 bits per heavy atom. The van der Waals surface area contributed by atoms with Crippen molar-refractivity contribution in [3.05, 3.63) is 51.3 Å². The molecular formula is C20H24N4O5. The number of rotatable bonds is 6. The van der Waals surface area contributed by atoms with Gasteiger partial charge in [-0.1, -0.05) is 31.2 Å². The lowest BCUT2D eigenvalue weighted by molar-refractivity contribution is 0.0695. The fourth-order valence-corrected chi connectivity index (χ4v) is 3.63. The second kappa shape index (κ2) is 8.46. The summed E-state index contributed by atoms with van der Waals surface area (Å²) in [4.78, 5) is 42.2. The van der Waals surface area contributed by atoms with Crippen LogP contribution in [0.15, 0.2) is 29.1 Å². The normalized spacial score (nSPS) is 15.3. The number of piperazine rings is 1. The summed E-state index contributed by atoms with van der Waals surface area (Å²) in [5, 5.41) is 19.0. The van der Waals surface area contributed by atoms with E-state index in [-0.39, 0.29) is 11.4 Å². The smallest absolute Gasteiger partial charge is 0.342 e. The first-order chi connectivity index (χ1) is 13.8. The summed E-state index contributed by atoms with van der Waals surface area (Å²) >= 11 is 0. The van der Waals surface area contributed by atoms with Crippen LogP contribution in [0.25, 0.3) is 11.1 Å². The Balaban J connectivity index is 1.93. The van der Waals surface area contributed by atoms with Gasteiger partial charge in [-0.25, -0.2) is 9.59 Å². The summed E-state index contributed by atoms with van der Waals surface area (Å²) < 4.78 is 0. The maximum absolute atomic E-state index is 12.1. The zero-order valence-electron chi connectivity index (χ0n) is 16.1. The highest BCUT2D eigenvalue weighted by atomic mass is 16.4. The van der Waals surface area contributed by atoms with Crippen LogP contribution >= 0.6 is 0 Å². The first kappa shape index (κ1) is 20.6. The summed E-state index contributed by atoms with van der Waals surface area (Å²) in [6.45, 7) is 7.90. The summed E-state index contributed by atoms with van der Waals surface area (Å²) in [6.07, 6.45) is 0. The first-order valence-corrected chi connectivity index (χ1v) is 9.38. The number of nitrogen functional groups attached to an aromatic ring is 1.